The van der Waals surface area contributed by atoms with Crippen LogP contribution in [-0.4, -0.2) is 26.2 Å². The number of hydrogen-bond acceptors (Lipinski definition) is 4. The molecule has 0 aliphatic carbocycles. The van der Waals surface area contributed by atoms with Crippen LogP contribution in [0.4, 0.5) is 18.9 Å². The minimum Gasteiger partial charge on any atom is -0.390 e. The zero-order valence-corrected chi connectivity index (χ0v) is 13.8. The third-order valence-electron chi connectivity index (χ3n) is 2.54. The summed E-state index contributed by atoms with van der Waals surface area (Å²) in [6, 6.07) is 4.16. The molecule has 1 rings (SSSR count). The zero-order chi connectivity index (χ0) is 17.8. The van der Waals surface area contributed by atoms with E-state index in [1.807, 2.05) is 0 Å². The summed E-state index contributed by atoms with van der Waals surface area (Å²) in [7, 11) is -5.53. The topological polar surface area (TPSA) is 67.8 Å². The molecule has 1 aromatic rings. The highest BCUT2D eigenvalue weighted by atomic mass is 35.5. The fourth-order valence-corrected chi connectivity index (χ4v) is 2.13. The maximum absolute atomic E-state index is 12.5. The van der Waals surface area contributed by atoms with E-state index < -0.39 is 15.5 Å². The van der Waals surface area contributed by atoms with Gasteiger partial charge in [0.1, 0.15) is 0 Å². The quantitative estimate of drug-likeness (QED) is 0.612. The predicted molar refractivity (Wildman–Crippen MR) is 82.9 cm³/mol. The summed E-state index contributed by atoms with van der Waals surface area (Å²) in [5.41, 5.74) is -4.66. The number of halogens is 4. The van der Waals surface area contributed by atoms with Crippen molar-refractivity contribution in [1.29, 1.82) is 0 Å². The highest BCUT2D eigenvalue weighted by molar-refractivity contribution is 7.93. The number of nitrogens with one attached hydrogen (secondary N) is 1. The van der Waals surface area contributed by atoms with Crippen LogP contribution in [-0.2, 0) is 14.9 Å². The minimum atomic E-state index is -5.53. The van der Waals surface area contributed by atoms with Crippen LogP contribution in [0.3, 0.4) is 0 Å². The van der Waals surface area contributed by atoms with Crippen LogP contribution in [0.2, 0.25) is 0 Å². The van der Waals surface area contributed by atoms with Crippen molar-refractivity contribution in [2.24, 2.45) is 5.16 Å². The third-order valence-corrected chi connectivity index (χ3v) is 3.74. The molecule has 0 aromatic heterocycles. The van der Waals surface area contributed by atoms with E-state index in [0.717, 1.165) is 0 Å². The zero-order valence-electron chi connectivity index (χ0n) is 12.2. The molecule has 0 spiro atoms. The van der Waals surface area contributed by atoms with Gasteiger partial charge in [-0.2, -0.15) is 21.6 Å². The molecule has 5 nitrogen and oxygen atoms in total. The van der Waals surface area contributed by atoms with Gasteiger partial charge >= 0.3 is 15.5 Å². The number of benzene rings is 1. The van der Waals surface area contributed by atoms with E-state index >= 15 is 0 Å². The Morgan fingerprint density at radius 2 is 2.04 bits per heavy atom. The van der Waals surface area contributed by atoms with Crippen molar-refractivity contribution < 1.29 is 26.4 Å². The summed E-state index contributed by atoms with van der Waals surface area (Å²) in [6.45, 7) is 6.45. The van der Waals surface area contributed by atoms with Crippen molar-refractivity contribution in [2.45, 2.75) is 19.4 Å². The highest BCUT2D eigenvalue weighted by Crippen LogP contribution is 2.27. The first-order valence-corrected chi connectivity index (χ1v) is 8.00. The van der Waals surface area contributed by atoms with Crippen LogP contribution in [0.25, 0.3) is 0 Å². The number of anilines is 1. The number of nitrogens with zero attached hydrogens (tertiary/aromatic N) is 1. The molecule has 0 aliphatic heterocycles. The summed E-state index contributed by atoms with van der Waals surface area (Å²) in [5.74, 6) is 0. The van der Waals surface area contributed by atoms with Gasteiger partial charge in [-0.15, -0.1) is 0 Å². The first kappa shape index (κ1) is 19.3. The van der Waals surface area contributed by atoms with Gasteiger partial charge in [0.25, 0.3) is 0 Å². The van der Waals surface area contributed by atoms with E-state index in [1.54, 1.807) is 6.92 Å². The maximum atomic E-state index is 12.5. The van der Waals surface area contributed by atoms with Crippen molar-refractivity contribution in [1.82, 2.24) is 0 Å². The molecule has 1 N–H and O–H groups in total. The van der Waals surface area contributed by atoms with Crippen molar-refractivity contribution >= 4 is 33.0 Å². The third kappa shape index (κ3) is 5.43. The summed E-state index contributed by atoms with van der Waals surface area (Å²) in [4.78, 5) is 4.86. The molecule has 10 heteroatoms. The van der Waals surface area contributed by atoms with E-state index in [0.29, 0.717) is 5.56 Å². The monoisotopic (exact) mass is 370 g/mol. The average molecular weight is 371 g/mol. The molecule has 0 unspecified atom stereocenters. The molecule has 0 amide bonds. The molecular formula is C13H14ClF3N2O3S. The maximum Gasteiger partial charge on any atom is 0.516 e. The molecule has 0 radical (unpaired) electrons. The first-order chi connectivity index (χ1) is 10.4. The molecule has 0 heterocycles. The number of hydrogen-bond donors (Lipinski definition) is 1. The van der Waals surface area contributed by atoms with Gasteiger partial charge < -0.3 is 4.84 Å². The fraction of sp³-hybridized carbons (Fsp3) is 0.308. The number of alkyl halides is 3. The average Bonchev–Trinajstić information content (AvgIpc) is 2.38. The Kier molecular flexibility index (Phi) is 6.06. The molecule has 1 aromatic carbocycles. The Hall–Kier alpha value is -1.74. The van der Waals surface area contributed by atoms with Crippen LogP contribution in [0, 0.1) is 6.92 Å². The lowest BCUT2D eigenvalue weighted by Gasteiger charge is -2.14. The Morgan fingerprint density at radius 1 is 1.43 bits per heavy atom. The van der Waals surface area contributed by atoms with Crippen LogP contribution in [0.5, 0.6) is 0 Å². The first-order valence-electron chi connectivity index (χ1n) is 6.14. The minimum absolute atomic E-state index is 0.0890. The van der Waals surface area contributed by atoms with Crippen LogP contribution >= 0.6 is 11.6 Å². The van der Waals surface area contributed by atoms with Crippen LogP contribution < -0.4 is 4.72 Å². The van der Waals surface area contributed by atoms with Gasteiger partial charge in [-0.05, 0) is 26.0 Å². The molecular weight excluding hydrogens is 357 g/mol. The van der Waals surface area contributed by atoms with Gasteiger partial charge in [0.2, 0.25) is 0 Å². The summed E-state index contributed by atoms with van der Waals surface area (Å²) in [6.07, 6.45) is 0. The second-order valence-electron chi connectivity index (χ2n) is 4.57. The fourth-order valence-electron chi connectivity index (χ4n) is 1.50. The van der Waals surface area contributed by atoms with Crippen molar-refractivity contribution in [2.75, 3.05) is 11.3 Å². The van der Waals surface area contributed by atoms with Crippen molar-refractivity contribution in [3.8, 4) is 0 Å². The Labute approximate surface area is 136 Å². The molecule has 0 fully saturated rings. The molecule has 0 aliphatic rings. The SMILES string of the molecule is C=C(Cl)CO/N=C(\C)c1cc(C)ccc1NS(=O)(=O)C(F)(F)F. The van der Waals surface area contributed by atoms with Gasteiger partial charge in [0.05, 0.1) is 16.4 Å². The molecule has 0 saturated heterocycles. The van der Waals surface area contributed by atoms with Gasteiger partial charge in [-0.1, -0.05) is 35.0 Å². The summed E-state index contributed by atoms with van der Waals surface area (Å²) >= 11 is 5.50. The lowest BCUT2D eigenvalue weighted by Crippen LogP contribution is -2.30. The molecule has 0 bridgehead atoms. The molecule has 128 valence electrons. The Morgan fingerprint density at radius 3 is 2.57 bits per heavy atom. The number of rotatable bonds is 6. The van der Waals surface area contributed by atoms with Crippen LogP contribution in [0.15, 0.2) is 35.0 Å². The summed E-state index contributed by atoms with van der Waals surface area (Å²) < 4.78 is 61.5. The highest BCUT2D eigenvalue weighted by Gasteiger charge is 2.46. The largest absolute Gasteiger partial charge is 0.516 e. The lowest BCUT2D eigenvalue weighted by atomic mass is 10.1. The Bertz CT molecular complexity index is 730. The number of oxime groups is 1. The van der Waals surface area contributed by atoms with E-state index in [9.17, 15) is 21.6 Å². The lowest BCUT2D eigenvalue weighted by molar-refractivity contribution is -0.0429. The predicted octanol–water partition coefficient (Wildman–Crippen LogP) is 3.75. The standard InChI is InChI=1S/C13H14ClF3N2O3S/c1-8-4-5-12(19-23(20,21)13(15,16)17)11(6-8)10(3)18-22-7-9(2)14/h4-6,19H,2,7H2,1,3H3/b18-10+. The van der Waals surface area contributed by atoms with Crippen LogP contribution in [0.1, 0.15) is 18.1 Å². The number of aryl methyl sites for hydroxylation is 1. The second-order valence-corrected chi connectivity index (χ2v) is 6.78. The van der Waals surface area contributed by atoms with Crippen molar-refractivity contribution in [3.63, 3.8) is 0 Å². The van der Waals surface area contributed by atoms with E-state index in [-0.39, 0.29) is 28.6 Å². The normalized spacial score (nSPS) is 12.9. The Balaban J connectivity index is 3.19. The van der Waals surface area contributed by atoms with Gasteiger partial charge in [-0.25, -0.2) is 0 Å². The molecule has 23 heavy (non-hydrogen) atoms. The second kappa shape index (κ2) is 7.22. The molecule has 0 atom stereocenters. The summed E-state index contributed by atoms with van der Waals surface area (Å²) in [5, 5.41) is 3.87. The van der Waals surface area contributed by atoms with Gasteiger partial charge in [0, 0.05) is 5.56 Å². The number of sulfonamides is 1. The smallest absolute Gasteiger partial charge is 0.390 e. The van der Waals surface area contributed by atoms with Gasteiger partial charge in [0.15, 0.2) is 6.61 Å². The molecule has 0 saturated carbocycles. The van der Waals surface area contributed by atoms with E-state index in [2.05, 4.69) is 11.7 Å². The van der Waals surface area contributed by atoms with E-state index in [1.165, 1.54) is 29.8 Å². The van der Waals surface area contributed by atoms with Gasteiger partial charge in [-0.3, -0.25) is 4.72 Å². The van der Waals surface area contributed by atoms with E-state index in [4.69, 9.17) is 16.4 Å². The van der Waals surface area contributed by atoms with Crippen molar-refractivity contribution in [3.05, 3.63) is 40.9 Å².